The summed E-state index contributed by atoms with van der Waals surface area (Å²) in [6.45, 7) is 3.57. The van der Waals surface area contributed by atoms with Crippen molar-refractivity contribution >= 4 is 29.9 Å². The van der Waals surface area contributed by atoms with Crippen molar-refractivity contribution in [1.82, 2.24) is 5.32 Å². The first-order valence-corrected chi connectivity index (χ1v) is 9.66. The Hall–Kier alpha value is -1.02. The molecule has 3 unspecified atom stereocenters. The summed E-state index contributed by atoms with van der Waals surface area (Å²) in [4.78, 5) is 4.79. The van der Waals surface area contributed by atoms with Crippen LogP contribution in [0.15, 0.2) is 29.3 Å². The van der Waals surface area contributed by atoms with Crippen LogP contribution in [0.25, 0.3) is 0 Å². The summed E-state index contributed by atoms with van der Waals surface area (Å²) in [5, 5.41) is 3.52. The number of fused-ring (bicyclic) bond motifs is 1. The molecular formula is C20H30IN3O2. The highest BCUT2D eigenvalue weighted by Crippen LogP contribution is 2.54. The summed E-state index contributed by atoms with van der Waals surface area (Å²) in [6, 6.07) is 8.60. The average molecular weight is 471 g/mol. The van der Waals surface area contributed by atoms with E-state index in [-0.39, 0.29) is 35.4 Å². The molecule has 3 aliphatic rings. The van der Waals surface area contributed by atoms with Gasteiger partial charge in [0.1, 0.15) is 5.75 Å². The number of rotatable bonds is 4. The van der Waals surface area contributed by atoms with Gasteiger partial charge in [0, 0.05) is 30.0 Å². The molecule has 0 aromatic heterocycles. The van der Waals surface area contributed by atoms with Crippen LogP contribution in [0.4, 0.5) is 0 Å². The lowest BCUT2D eigenvalue weighted by Crippen LogP contribution is -2.64. The van der Waals surface area contributed by atoms with Crippen LogP contribution >= 0.6 is 24.0 Å². The lowest BCUT2D eigenvalue weighted by Gasteiger charge is -2.54. The molecule has 2 fully saturated rings. The van der Waals surface area contributed by atoms with E-state index >= 15 is 0 Å². The lowest BCUT2D eigenvalue weighted by molar-refractivity contribution is -0.125. The molecular weight excluding hydrogens is 441 g/mol. The summed E-state index contributed by atoms with van der Waals surface area (Å²) in [7, 11) is 0. The number of aliphatic imine (C=N–C) groups is 1. The van der Waals surface area contributed by atoms with Crippen molar-refractivity contribution in [3.63, 3.8) is 0 Å². The van der Waals surface area contributed by atoms with Crippen molar-refractivity contribution < 1.29 is 9.47 Å². The van der Waals surface area contributed by atoms with Gasteiger partial charge in [-0.25, -0.2) is 4.99 Å². The minimum atomic E-state index is 0. The third-order valence-electron chi connectivity index (χ3n) is 6.23. The molecule has 5 nitrogen and oxygen atoms in total. The fourth-order valence-electron chi connectivity index (χ4n) is 4.93. The van der Waals surface area contributed by atoms with E-state index in [1.165, 1.54) is 25.7 Å². The van der Waals surface area contributed by atoms with E-state index in [2.05, 4.69) is 18.3 Å². The quantitative estimate of drug-likeness (QED) is 0.399. The maximum absolute atomic E-state index is 6.30. The predicted molar refractivity (Wildman–Crippen MR) is 114 cm³/mol. The van der Waals surface area contributed by atoms with Crippen LogP contribution in [0.3, 0.4) is 0 Å². The number of guanidine groups is 1. The Morgan fingerprint density at radius 1 is 1.35 bits per heavy atom. The molecule has 2 aliphatic carbocycles. The summed E-state index contributed by atoms with van der Waals surface area (Å²) in [5.41, 5.74) is 7.70. The number of ether oxygens (including phenoxy) is 2. The van der Waals surface area contributed by atoms with Crippen molar-refractivity contribution in [3.8, 4) is 5.75 Å². The average Bonchev–Trinajstić information content (AvgIpc) is 3.14. The van der Waals surface area contributed by atoms with Crippen LogP contribution in [-0.2, 0) is 4.74 Å². The van der Waals surface area contributed by atoms with Gasteiger partial charge in [-0.05, 0) is 32.3 Å². The van der Waals surface area contributed by atoms with Gasteiger partial charge in [-0.1, -0.05) is 31.0 Å². The third-order valence-corrected chi connectivity index (χ3v) is 6.23. The molecule has 2 saturated carbocycles. The number of nitrogens with zero attached hydrogens (tertiary/aromatic N) is 1. The normalized spacial score (nSPS) is 29.3. The van der Waals surface area contributed by atoms with Crippen molar-refractivity contribution in [2.45, 2.75) is 63.6 Å². The number of para-hydroxylation sites is 1. The van der Waals surface area contributed by atoms with Crippen molar-refractivity contribution in [1.29, 1.82) is 0 Å². The zero-order chi connectivity index (χ0) is 17.3. The number of halogens is 1. The highest BCUT2D eigenvalue weighted by atomic mass is 127. The highest BCUT2D eigenvalue weighted by Gasteiger charge is 2.56. The topological polar surface area (TPSA) is 68.9 Å². The number of nitrogens with one attached hydrogen (secondary N) is 1. The fraction of sp³-hybridized carbons (Fsp3) is 0.650. The number of hydrogen-bond acceptors (Lipinski definition) is 3. The second kappa shape index (κ2) is 8.33. The van der Waals surface area contributed by atoms with E-state index in [1.54, 1.807) is 0 Å². The molecule has 4 rings (SSSR count). The van der Waals surface area contributed by atoms with Gasteiger partial charge in [0.05, 0.1) is 18.8 Å². The van der Waals surface area contributed by atoms with Gasteiger partial charge in [0.25, 0.3) is 0 Å². The predicted octanol–water partition coefficient (Wildman–Crippen LogP) is 3.77. The van der Waals surface area contributed by atoms with E-state index in [1.807, 2.05) is 18.2 Å². The molecule has 3 atom stereocenters. The SMILES string of the molecule is CCOC1CC(NC(N)=NC2CCOc3ccccc32)C12CCCC2.I. The third kappa shape index (κ3) is 3.54. The van der Waals surface area contributed by atoms with Gasteiger partial charge in [-0.15, -0.1) is 24.0 Å². The highest BCUT2D eigenvalue weighted by molar-refractivity contribution is 14.0. The summed E-state index contributed by atoms with van der Waals surface area (Å²) < 4.78 is 11.7. The Labute approximate surface area is 173 Å². The minimum Gasteiger partial charge on any atom is -0.493 e. The zero-order valence-corrected chi connectivity index (χ0v) is 17.8. The van der Waals surface area contributed by atoms with E-state index < -0.39 is 0 Å². The van der Waals surface area contributed by atoms with Crippen LogP contribution < -0.4 is 15.8 Å². The first-order valence-electron chi connectivity index (χ1n) is 9.66. The second-order valence-corrected chi connectivity index (χ2v) is 7.52. The maximum Gasteiger partial charge on any atom is 0.189 e. The van der Waals surface area contributed by atoms with Gasteiger partial charge < -0.3 is 20.5 Å². The summed E-state index contributed by atoms with van der Waals surface area (Å²) in [5.74, 6) is 1.50. The molecule has 6 heteroatoms. The molecule has 0 amide bonds. The molecule has 1 heterocycles. The van der Waals surface area contributed by atoms with Crippen LogP contribution in [-0.4, -0.2) is 31.3 Å². The Morgan fingerprint density at radius 3 is 2.88 bits per heavy atom. The molecule has 1 spiro atoms. The number of hydrogen-bond donors (Lipinski definition) is 2. The monoisotopic (exact) mass is 471 g/mol. The summed E-state index contributed by atoms with van der Waals surface area (Å²) in [6.07, 6.45) is 7.36. The molecule has 0 radical (unpaired) electrons. The van der Waals surface area contributed by atoms with E-state index in [0.29, 0.717) is 24.7 Å². The van der Waals surface area contributed by atoms with Crippen molar-refractivity contribution in [3.05, 3.63) is 29.8 Å². The number of nitrogens with two attached hydrogens (primary N) is 1. The molecule has 0 saturated heterocycles. The summed E-state index contributed by atoms with van der Waals surface area (Å²) >= 11 is 0. The standard InChI is InChI=1S/C20H29N3O2.HI/c1-2-24-18-13-17(20(18)10-5-6-11-20)23-19(21)22-15-9-12-25-16-8-4-3-7-14(15)16;/h3-4,7-8,15,17-18H,2,5-6,9-13H2,1H3,(H3,21,22,23);1H. The van der Waals surface area contributed by atoms with Crippen LogP contribution in [0.5, 0.6) is 5.75 Å². The Bertz CT molecular complexity index is 646. The second-order valence-electron chi connectivity index (χ2n) is 7.52. The van der Waals surface area contributed by atoms with E-state index in [9.17, 15) is 0 Å². The zero-order valence-electron chi connectivity index (χ0n) is 15.4. The van der Waals surface area contributed by atoms with Gasteiger partial charge in [-0.2, -0.15) is 0 Å². The first kappa shape index (κ1) is 19.7. The molecule has 3 N–H and O–H groups in total. The molecule has 1 aromatic rings. The number of benzene rings is 1. The largest absolute Gasteiger partial charge is 0.493 e. The van der Waals surface area contributed by atoms with Gasteiger partial charge in [-0.3, -0.25) is 0 Å². The van der Waals surface area contributed by atoms with Crippen LogP contribution in [0.2, 0.25) is 0 Å². The molecule has 1 aliphatic heterocycles. The Morgan fingerprint density at radius 2 is 2.12 bits per heavy atom. The fourth-order valence-corrected chi connectivity index (χ4v) is 4.93. The maximum atomic E-state index is 6.30. The van der Waals surface area contributed by atoms with Crippen molar-refractivity contribution in [2.75, 3.05) is 13.2 Å². The van der Waals surface area contributed by atoms with Crippen LogP contribution in [0, 0.1) is 5.41 Å². The van der Waals surface area contributed by atoms with E-state index in [0.717, 1.165) is 30.8 Å². The lowest BCUT2D eigenvalue weighted by atomic mass is 9.60. The minimum absolute atomic E-state index is 0. The molecule has 144 valence electrons. The van der Waals surface area contributed by atoms with E-state index in [4.69, 9.17) is 20.2 Å². The van der Waals surface area contributed by atoms with Crippen LogP contribution in [0.1, 0.15) is 57.1 Å². The Balaban J connectivity index is 0.00000196. The smallest absolute Gasteiger partial charge is 0.189 e. The molecule has 1 aromatic carbocycles. The van der Waals surface area contributed by atoms with Gasteiger partial charge >= 0.3 is 0 Å². The first-order chi connectivity index (χ1) is 12.2. The van der Waals surface area contributed by atoms with Gasteiger partial charge in [0.15, 0.2) is 5.96 Å². The molecule has 0 bridgehead atoms. The Kier molecular flexibility index (Phi) is 6.33. The molecule has 26 heavy (non-hydrogen) atoms. The van der Waals surface area contributed by atoms with Crippen molar-refractivity contribution in [2.24, 2.45) is 16.1 Å². The van der Waals surface area contributed by atoms with Gasteiger partial charge in [0.2, 0.25) is 0 Å².